The predicted molar refractivity (Wildman–Crippen MR) is 67.3 cm³/mol. The number of ether oxygens (including phenoxy) is 1. The lowest BCUT2D eigenvalue weighted by Gasteiger charge is -2.16. The molecule has 1 saturated heterocycles. The van der Waals surface area contributed by atoms with Gasteiger partial charge in [0.2, 0.25) is 0 Å². The molecule has 1 unspecified atom stereocenters. The molecule has 0 aliphatic carbocycles. The Balaban J connectivity index is 2.00. The van der Waals surface area contributed by atoms with Gasteiger partial charge in [0.15, 0.2) is 6.10 Å². The molecule has 1 aromatic rings. The van der Waals surface area contributed by atoms with Crippen LogP contribution in [0.2, 0.25) is 0 Å². The van der Waals surface area contributed by atoms with Gasteiger partial charge in [-0.25, -0.2) is 0 Å². The lowest BCUT2D eigenvalue weighted by Crippen LogP contribution is -2.36. The molecule has 2 rings (SSSR count). The Hall–Kier alpha value is -1.71. The SMILES string of the molecule is CNc1ccc(OC2CCCCNC2=O)cc1. The minimum absolute atomic E-state index is 0.000179. The highest BCUT2D eigenvalue weighted by Gasteiger charge is 2.21. The fourth-order valence-corrected chi connectivity index (χ4v) is 1.89. The van der Waals surface area contributed by atoms with E-state index in [0.29, 0.717) is 0 Å². The van der Waals surface area contributed by atoms with E-state index in [2.05, 4.69) is 10.6 Å². The van der Waals surface area contributed by atoms with Crippen molar-refractivity contribution in [2.24, 2.45) is 0 Å². The normalized spacial score (nSPS) is 20.3. The third-order valence-corrected chi connectivity index (χ3v) is 2.91. The summed E-state index contributed by atoms with van der Waals surface area (Å²) >= 11 is 0. The zero-order valence-corrected chi connectivity index (χ0v) is 10.0. The molecule has 1 heterocycles. The van der Waals surface area contributed by atoms with Crippen molar-refractivity contribution in [2.75, 3.05) is 18.9 Å². The maximum atomic E-state index is 11.7. The molecule has 2 N–H and O–H groups in total. The molecule has 17 heavy (non-hydrogen) atoms. The zero-order chi connectivity index (χ0) is 12.1. The third-order valence-electron chi connectivity index (χ3n) is 2.91. The molecule has 1 aromatic carbocycles. The fourth-order valence-electron chi connectivity index (χ4n) is 1.89. The summed E-state index contributed by atoms with van der Waals surface area (Å²) in [4.78, 5) is 11.7. The highest BCUT2D eigenvalue weighted by Crippen LogP contribution is 2.19. The van der Waals surface area contributed by atoms with Gasteiger partial charge in [-0.05, 0) is 43.5 Å². The maximum Gasteiger partial charge on any atom is 0.261 e. The standard InChI is InChI=1S/C13H18N2O2/c1-14-10-5-7-11(8-6-10)17-12-4-2-3-9-15-13(12)16/h5-8,12,14H,2-4,9H2,1H3,(H,15,16). The highest BCUT2D eigenvalue weighted by molar-refractivity contribution is 5.81. The molecule has 0 spiro atoms. The van der Waals surface area contributed by atoms with Gasteiger partial charge in [-0.1, -0.05) is 0 Å². The Morgan fingerprint density at radius 3 is 2.76 bits per heavy atom. The summed E-state index contributed by atoms with van der Waals surface area (Å²) in [7, 11) is 1.87. The number of amides is 1. The molecule has 1 aliphatic rings. The number of anilines is 1. The molecule has 0 bridgehead atoms. The van der Waals surface area contributed by atoms with Crippen LogP contribution >= 0.6 is 0 Å². The summed E-state index contributed by atoms with van der Waals surface area (Å²) in [6, 6.07) is 7.63. The van der Waals surface area contributed by atoms with Gasteiger partial charge < -0.3 is 15.4 Å². The van der Waals surface area contributed by atoms with Crippen molar-refractivity contribution in [3.05, 3.63) is 24.3 Å². The van der Waals surface area contributed by atoms with Gasteiger partial charge in [0.05, 0.1) is 0 Å². The van der Waals surface area contributed by atoms with E-state index < -0.39 is 0 Å². The van der Waals surface area contributed by atoms with Gasteiger partial charge >= 0.3 is 0 Å². The van der Waals surface area contributed by atoms with Gasteiger partial charge in [0.1, 0.15) is 5.75 Å². The van der Waals surface area contributed by atoms with E-state index in [0.717, 1.165) is 37.2 Å². The monoisotopic (exact) mass is 234 g/mol. The molecule has 92 valence electrons. The quantitative estimate of drug-likeness (QED) is 0.838. The first-order valence-corrected chi connectivity index (χ1v) is 6.02. The van der Waals surface area contributed by atoms with Crippen LogP contribution in [0.5, 0.6) is 5.75 Å². The minimum atomic E-state index is -0.349. The second kappa shape index (κ2) is 5.57. The smallest absolute Gasteiger partial charge is 0.261 e. The summed E-state index contributed by atoms with van der Waals surface area (Å²) in [5.41, 5.74) is 1.03. The highest BCUT2D eigenvalue weighted by atomic mass is 16.5. The van der Waals surface area contributed by atoms with Crippen LogP contribution in [0.25, 0.3) is 0 Å². The first-order chi connectivity index (χ1) is 8.29. The van der Waals surface area contributed by atoms with Gasteiger partial charge in [-0.15, -0.1) is 0 Å². The number of hydrogen-bond donors (Lipinski definition) is 2. The number of rotatable bonds is 3. The number of hydrogen-bond acceptors (Lipinski definition) is 3. The number of carbonyl (C=O) groups excluding carboxylic acids is 1. The molecule has 4 nitrogen and oxygen atoms in total. The molecule has 1 amide bonds. The molecular formula is C13H18N2O2. The molecular weight excluding hydrogens is 216 g/mol. The Bertz CT molecular complexity index is 376. The summed E-state index contributed by atoms with van der Waals surface area (Å²) in [6.45, 7) is 0.761. The largest absolute Gasteiger partial charge is 0.481 e. The van der Waals surface area contributed by atoms with E-state index in [9.17, 15) is 4.79 Å². The average molecular weight is 234 g/mol. The van der Waals surface area contributed by atoms with Gasteiger partial charge in [0.25, 0.3) is 5.91 Å². The van der Waals surface area contributed by atoms with Crippen LogP contribution < -0.4 is 15.4 Å². The van der Waals surface area contributed by atoms with Gasteiger partial charge in [-0.3, -0.25) is 4.79 Å². The Morgan fingerprint density at radius 1 is 1.29 bits per heavy atom. The second-order valence-corrected chi connectivity index (χ2v) is 4.17. The van der Waals surface area contributed by atoms with Crippen LogP contribution in [0.15, 0.2) is 24.3 Å². The first kappa shape index (κ1) is 11.8. The van der Waals surface area contributed by atoms with Crippen molar-refractivity contribution < 1.29 is 9.53 Å². The summed E-state index contributed by atoms with van der Waals surface area (Å²) in [6.07, 6.45) is 2.50. The van der Waals surface area contributed by atoms with Crippen molar-refractivity contribution >= 4 is 11.6 Å². The number of benzene rings is 1. The van der Waals surface area contributed by atoms with E-state index in [1.165, 1.54) is 0 Å². The fraction of sp³-hybridized carbons (Fsp3) is 0.462. The lowest BCUT2D eigenvalue weighted by molar-refractivity contribution is -0.127. The maximum absolute atomic E-state index is 11.7. The summed E-state index contributed by atoms with van der Waals surface area (Å²) < 4.78 is 5.71. The van der Waals surface area contributed by atoms with Crippen LogP contribution in [-0.4, -0.2) is 25.6 Å². The zero-order valence-electron chi connectivity index (χ0n) is 10.0. The molecule has 0 aromatic heterocycles. The van der Waals surface area contributed by atoms with Crippen molar-refractivity contribution in [2.45, 2.75) is 25.4 Å². The molecule has 4 heteroatoms. The summed E-state index contributed by atoms with van der Waals surface area (Å²) in [5, 5.41) is 5.90. The van der Waals surface area contributed by atoms with E-state index in [1.54, 1.807) is 0 Å². The third kappa shape index (κ3) is 3.12. The van der Waals surface area contributed by atoms with Gasteiger partial charge in [-0.2, -0.15) is 0 Å². The number of carbonyl (C=O) groups is 1. The first-order valence-electron chi connectivity index (χ1n) is 6.02. The van der Waals surface area contributed by atoms with Crippen molar-refractivity contribution in [1.29, 1.82) is 0 Å². The lowest BCUT2D eigenvalue weighted by atomic mass is 10.2. The molecule has 0 saturated carbocycles. The molecule has 1 fully saturated rings. The van der Waals surface area contributed by atoms with Crippen molar-refractivity contribution in [3.8, 4) is 5.75 Å². The Morgan fingerprint density at radius 2 is 2.06 bits per heavy atom. The molecule has 0 radical (unpaired) electrons. The van der Waals surface area contributed by atoms with Crippen LogP contribution in [0.3, 0.4) is 0 Å². The van der Waals surface area contributed by atoms with Crippen LogP contribution in [0, 0.1) is 0 Å². The minimum Gasteiger partial charge on any atom is -0.481 e. The predicted octanol–water partition coefficient (Wildman–Crippen LogP) is 1.78. The van der Waals surface area contributed by atoms with Gasteiger partial charge in [0, 0.05) is 19.3 Å². The van der Waals surface area contributed by atoms with Crippen LogP contribution in [0.4, 0.5) is 5.69 Å². The Labute approximate surface area is 101 Å². The summed E-state index contributed by atoms with van der Waals surface area (Å²) in [5.74, 6) is 0.742. The van der Waals surface area contributed by atoms with E-state index in [-0.39, 0.29) is 12.0 Å². The Kier molecular flexibility index (Phi) is 3.85. The van der Waals surface area contributed by atoms with E-state index in [1.807, 2.05) is 31.3 Å². The van der Waals surface area contributed by atoms with Crippen LogP contribution in [0.1, 0.15) is 19.3 Å². The number of nitrogens with one attached hydrogen (secondary N) is 2. The van der Waals surface area contributed by atoms with Crippen LogP contribution in [-0.2, 0) is 4.79 Å². The second-order valence-electron chi connectivity index (χ2n) is 4.17. The topological polar surface area (TPSA) is 50.4 Å². The average Bonchev–Trinajstić information content (AvgIpc) is 2.56. The molecule has 1 aliphatic heterocycles. The molecule has 1 atom stereocenters. The van der Waals surface area contributed by atoms with E-state index in [4.69, 9.17) is 4.74 Å². The van der Waals surface area contributed by atoms with Crippen molar-refractivity contribution in [1.82, 2.24) is 5.32 Å². The van der Waals surface area contributed by atoms with E-state index >= 15 is 0 Å². The van der Waals surface area contributed by atoms with Crippen molar-refractivity contribution in [3.63, 3.8) is 0 Å².